The summed E-state index contributed by atoms with van der Waals surface area (Å²) in [6.07, 6.45) is 0. The SMILES string of the molecule is COc1ccc(C(=O)NCc2cc3cc(Cl)ccc3[nH]2)cc1COc1cccc(Cl)c1Cl. The molecule has 3 aromatic carbocycles. The van der Waals surface area contributed by atoms with Gasteiger partial charge in [-0.2, -0.15) is 0 Å². The van der Waals surface area contributed by atoms with Crippen LogP contribution in [0.3, 0.4) is 0 Å². The monoisotopic (exact) mass is 488 g/mol. The van der Waals surface area contributed by atoms with Gasteiger partial charge in [-0.05, 0) is 54.6 Å². The molecule has 8 heteroatoms. The molecule has 1 amide bonds. The summed E-state index contributed by atoms with van der Waals surface area (Å²) in [5.41, 5.74) is 3.03. The summed E-state index contributed by atoms with van der Waals surface area (Å²) in [6, 6.07) is 17.9. The zero-order chi connectivity index (χ0) is 22.7. The minimum atomic E-state index is -0.216. The van der Waals surface area contributed by atoms with Gasteiger partial charge >= 0.3 is 0 Å². The van der Waals surface area contributed by atoms with E-state index in [-0.39, 0.29) is 12.5 Å². The molecule has 0 unspecified atom stereocenters. The van der Waals surface area contributed by atoms with Crippen molar-refractivity contribution in [3.05, 3.63) is 92.6 Å². The summed E-state index contributed by atoms with van der Waals surface area (Å²) < 4.78 is 11.2. The van der Waals surface area contributed by atoms with Gasteiger partial charge in [-0.25, -0.2) is 0 Å². The summed E-state index contributed by atoms with van der Waals surface area (Å²) in [5.74, 6) is 0.841. The number of nitrogens with one attached hydrogen (secondary N) is 2. The van der Waals surface area contributed by atoms with Crippen molar-refractivity contribution in [1.29, 1.82) is 0 Å². The number of hydrogen-bond acceptors (Lipinski definition) is 3. The number of fused-ring (bicyclic) bond motifs is 1. The molecule has 0 saturated heterocycles. The van der Waals surface area contributed by atoms with Crippen molar-refractivity contribution < 1.29 is 14.3 Å². The summed E-state index contributed by atoms with van der Waals surface area (Å²) in [4.78, 5) is 16.0. The highest BCUT2D eigenvalue weighted by atomic mass is 35.5. The van der Waals surface area contributed by atoms with Crippen LogP contribution >= 0.6 is 34.8 Å². The summed E-state index contributed by atoms with van der Waals surface area (Å²) in [6.45, 7) is 0.508. The number of aromatic nitrogens is 1. The summed E-state index contributed by atoms with van der Waals surface area (Å²) in [7, 11) is 1.56. The number of rotatable bonds is 7. The fourth-order valence-corrected chi connectivity index (χ4v) is 3.85. The number of aromatic amines is 1. The Balaban J connectivity index is 1.46. The number of H-pyrrole nitrogens is 1. The lowest BCUT2D eigenvalue weighted by atomic mass is 10.1. The first-order valence-electron chi connectivity index (χ1n) is 9.73. The van der Waals surface area contributed by atoms with E-state index in [0.717, 1.165) is 16.6 Å². The third-order valence-electron chi connectivity index (χ3n) is 4.92. The molecule has 0 aliphatic carbocycles. The van der Waals surface area contributed by atoms with Gasteiger partial charge in [0.1, 0.15) is 23.1 Å². The Hall–Kier alpha value is -2.86. The number of halogens is 3. The third kappa shape index (κ3) is 4.96. The first-order valence-corrected chi connectivity index (χ1v) is 10.9. The molecular weight excluding hydrogens is 471 g/mol. The Labute approximate surface area is 200 Å². The van der Waals surface area contributed by atoms with Crippen LogP contribution in [0.2, 0.25) is 15.1 Å². The van der Waals surface area contributed by atoms with Crippen LogP contribution in [0.5, 0.6) is 11.5 Å². The van der Waals surface area contributed by atoms with Crippen LogP contribution in [0.25, 0.3) is 10.9 Å². The molecule has 32 heavy (non-hydrogen) atoms. The largest absolute Gasteiger partial charge is 0.496 e. The van der Waals surface area contributed by atoms with Crippen molar-refractivity contribution in [1.82, 2.24) is 10.3 Å². The zero-order valence-corrected chi connectivity index (χ0v) is 19.3. The number of amides is 1. The molecule has 0 atom stereocenters. The average molecular weight is 490 g/mol. The van der Waals surface area contributed by atoms with Gasteiger partial charge in [0.2, 0.25) is 0 Å². The molecular formula is C24H19Cl3N2O3. The second-order valence-corrected chi connectivity index (χ2v) is 8.30. The molecule has 5 nitrogen and oxygen atoms in total. The van der Waals surface area contributed by atoms with E-state index in [1.165, 1.54) is 0 Å². The van der Waals surface area contributed by atoms with Gasteiger partial charge in [-0.15, -0.1) is 0 Å². The van der Waals surface area contributed by atoms with Crippen LogP contribution in [0, 0.1) is 0 Å². The van der Waals surface area contributed by atoms with Gasteiger partial charge in [0, 0.05) is 32.7 Å². The lowest BCUT2D eigenvalue weighted by Gasteiger charge is -2.13. The fourth-order valence-electron chi connectivity index (χ4n) is 3.32. The standard InChI is InChI=1S/C24H19Cl3N2O3/c1-31-21-8-5-14(9-16(21)13-32-22-4-2-3-19(26)23(22)27)24(30)28-12-18-11-15-10-17(25)6-7-20(15)29-18/h2-11,29H,12-13H2,1H3,(H,28,30). The highest BCUT2D eigenvalue weighted by molar-refractivity contribution is 6.42. The van der Waals surface area contributed by atoms with Crippen LogP contribution in [-0.4, -0.2) is 18.0 Å². The Morgan fingerprint density at radius 2 is 1.84 bits per heavy atom. The van der Waals surface area contributed by atoms with E-state index in [4.69, 9.17) is 44.3 Å². The molecule has 0 radical (unpaired) electrons. The predicted octanol–water partition coefficient (Wildman–Crippen LogP) is 6.65. The Morgan fingerprint density at radius 1 is 1.00 bits per heavy atom. The maximum Gasteiger partial charge on any atom is 0.251 e. The Kier molecular flexibility index (Phi) is 6.80. The number of hydrogen-bond donors (Lipinski definition) is 2. The highest BCUT2D eigenvalue weighted by Gasteiger charge is 2.13. The van der Waals surface area contributed by atoms with Gasteiger partial charge in [-0.3, -0.25) is 4.79 Å². The number of carbonyl (C=O) groups is 1. The van der Waals surface area contributed by atoms with Crippen molar-refractivity contribution in [2.75, 3.05) is 7.11 Å². The van der Waals surface area contributed by atoms with Crippen LogP contribution in [0.1, 0.15) is 21.6 Å². The normalized spacial score (nSPS) is 10.9. The smallest absolute Gasteiger partial charge is 0.251 e. The van der Waals surface area contributed by atoms with E-state index in [1.807, 2.05) is 24.3 Å². The van der Waals surface area contributed by atoms with E-state index in [1.54, 1.807) is 43.5 Å². The third-order valence-corrected chi connectivity index (χ3v) is 5.96. The fraction of sp³-hybridized carbons (Fsp3) is 0.125. The molecule has 4 rings (SSSR count). The second-order valence-electron chi connectivity index (χ2n) is 7.08. The molecule has 0 bridgehead atoms. The summed E-state index contributed by atoms with van der Waals surface area (Å²) >= 11 is 18.3. The molecule has 0 saturated carbocycles. The molecule has 0 aliphatic heterocycles. The summed E-state index contributed by atoms with van der Waals surface area (Å²) in [5, 5.41) is 5.32. The van der Waals surface area contributed by atoms with Crippen molar-refractivity contribution in [3.63, 3.8) is 0 Å². The van der Waals surface area contributed by atoms with Gasteiger partial charge in [0.15, 0.2) is 0 Å². The average Bonchev–Trinajstić information content (AvgIpc) is 3.20. The topological polar surface area (TPSA) is 63.3 Å². The molecule has 0 spiro atoms. The lowest BCUT2D eigenvalue weighted by Crippen LogP contribution is -2.23. The van der Waals surface area contributed by atoms with Crippen LogP contribution in [0.15, 0.2) is 60.7 Å². The van der Waals surface area contributed by atoms with Crippen LogP contribution in [-0.2, 0) is 13.2 Å². The van der Waals surface area contributed by atoms with E-state index < -0.39 is 0 Å². The van der Waals surface area contributed by atoms with Crippen molar-refractivity contribution >= 4 is 51.6 Å². The molecule has 1 aromatic heterocycles. The second kappa shape index (κ2) is 9.74. The molecule has 2 N–H and O–H groups in total. The first kappa shape index (κ1) is 22.3. The number of ether oxygens (including phenoxy) is 2. The van der Waals surface area contributed by atoms with E-state index in [9.17, 15) is 4.79 Å². The zero-order valence-electron chi connectivity index (χ0n) is 17.0. The van der Waals surface area contributed by atoms with Crippen LogP contribution < -0.4 is 14.8 Å². The van der Waals surface area contributed by atoms with Gasteiger partial charge < -0.3 is 19.8 Å². The molecule has 4 aromatic rings. The molecule has 0 aliphatic rings. The Bertz CT molecular complexity index is 1290. The van der Waals surface area contributed by atoms with Gasteiger partial charge in [-0.1, -0.05) is 40.9 Å². The molecule has 0 fully saturated rings. The minimum Gasteiger partial charge on any atom is -0.496 e. The molecule has 164 valence electrons. The predicted molar refractivity (Wildman–Crippen MR) is 128 cm³/mol. The van der Waals surface area contributed by atoms with Crippen molar-refractivity contribution in [2.45, 2.75) is 13.2 Å². The highest BCUT2D eigenvalue weighted by Crippen LogP contribution is 2.32. The molecule has 1 heterocycles. The van der Waals surface area contributed by atoms with Gasteiger partial charge in [0.25, 0.3) is 5.91 Å². The minimum absolute atomic E-state index is 0.160. The number of benzene rings is 3. The van der Waals surface area contributed by atoms with Crippen molar-refractivity contribution in [3.8, 4) is 11.5 Å². The first-order chi connectivity index (χ1) is 15.4. The maximum absolute atomic E-state index is 12.7. The maximum atomic E-state index is 12.7. The quantitative estimate of drug-likeness (QED) is 0.306. The number of carbonyl (C=O) groups excluding carboxylic acids is 1. The van der Waals surface area contributed by atoms with E-state index in [2.05, 4.69) is 10.3 Å². The van der Waals surface area contributed by atoms with E-state index >= 15 is 0 Å². The number of methoxy groups -OCH3 is 1. The van der Waals surface area contributed by atoms with Crippen molar-refractivity contribution in [2.24, 2.45) is 0 Å². The lowest BCUT2D eigenvalue weighted by molar-refractivity contribution is 0.0950. The van der Waals surface area contributed by atoms with Gasteiger partial charge in [0.05, 0.1) is 18.7 Å². The van der Waals surface area contributed by atoms with Crippen LogP contribution in [0.4, 0.5) is 0 Å². The van der Waals surface area contributed by atoms with E-state index in [0.29, 0.717) is 44.2 Å². The Morgan fingerprint density at radius 3 is 2.66 bits per heavy atom.